The Morgan fingerprint density at radius 1 is 1.00 bits per heavy atom. The van der Waals surface area contributed by atoms with E-state index in [1.807, 2.05) is 12.1 Å². The largest absolute Gasteiger partial charge is 0.496 e. The molecule has 0 spiro atoms. The van der Waals surface area contributed by atoms with Crippen LogP contribution in [0.25, 0.3) is 0 Å². The fourth-order valence-corrected chi connectivity index (χ4v) is 2.41. The second-order valence-electron chi connectivity index (χ2n) is 4.01. The number of methoxy groups -OCH3 is 2. The summed E-state index contributed by atoms with van der Waals surface area (Å²) in [5, 5.41) is 1.22. The zero-order valence-corrected chi connectivity index (χ0v) is 13.5. The van der Waals surface area contributed by atoms with Crippen LogP contribution in [-0.4, -0.2) is 14.2 Å². The van der Waals surface area contributed by atoms with Gasteiger partial charge in [-0.05, 0) is 6.07 Å². The number of para-hydroxylation sites is 1. The van der Waals surface area contributed by atoms with Crippen molar-refractivity contribution in [1.29, 1.82) is 0 Å². The Bertz CT molecular complexity index is 579. The predicted molar refractivity (Wildman–Crippen MR) is 83.7 cm³/mol. The number of hydrogen-bond acceptors (Lipinski definition) is 3. The third-order valence-corrected chi connectivity index (χ3v) is 3.64. The van der Waals surface area contributed by atoms with Crippen LogP contribution in [0.5, 0.6) is 23.0 Å². The maximum Gasteiger partial charge on any atom is 0.150 e. The lowest BCUT2D eigenvalue weighted by molar-refractivity contribution is 0.386. The van der Waals surface area contributed by atoms with Gasteiger partial charge in [-0.2, -0.15) is 0 Å². The number of ether oxygens (including phenoxy) is 3. The minimum atomic E-state index is 0.559. The highest BCUT2D eigenvalue weighted by Gasteiger charge is 2.10. The molecule has 2 aromatic carbocycles. The van der Waals surface area contributed by atoms with Gasteiger partial charge in [-0.3, -0.25) is 0 Å². The molecule has 2 aromatic rings. The van der Waals surface area contributed by atoms with Gasteiger partial charge in [-0.15, -0.1) is 0 Å². The van der Waals surface area contributed by atoms with Crippen molar-refractivity contribution in [3.8, 4) is 23.0 Å². The Balaban J connectivity index is 2.39. The highest BCUT2D eigenvalue weighted by molar-refractivity contribution is 9.08. The molecule has 2 rings (SSSR count). The van der Waals surface area contributed by atoms with Crippen LogP contribution in [0.4, 0.5) is 0 Å². The smallest absolute Gasteiger partial charge is 0.150 e. The first-order valence-electron chi connectivity index (χ1n) is 5.92. The second kappa shape index (κ2) is 6.86. The molecule has 5 heteroatoms. The summed E-state index contributed by atoms with van der Waals surface area (Å²) in [5.74, 6) is 2.55. The molecule has 0 aliphatic heterocycles. The van der Waals surface area contributed by atoms with Gasteiger partial charge >= 0.3 is 0 Å². The van der Waals surface area contributed by atoms with Crippen molar-refractivity contribution in [1.82, 2.24) is 0 Å². The van der Waals surface area contributed by atoms with Crippen LogP contribution >= 0.6 is 27.5 Å². The first-order chi connectivity index (χ1) is 9.67. The van der Waals surface area contributed by atoms with Crippen LogP contribution < -0.4 is 14.2 Å². The molecule has 106 valence electrons. The quantitative estimate of drug-likeness (QED) is 0.701. The van der Waals surface area contributed by atoms with Crippen molar-refractivity contribution in [3.05, 3.63) is 47.0 Å². The van der Waals surface area contributed by atoms with Gasteiger partial charge in [0.05, 0.1) is 19.2 Å². The van der Waals surface area contributed by atoms with E-state index in [2.05, 4.69) is 15.9 Å². The minimum Gasteiger partial charge on any atom is -0.496 e. The van der Waals surface area contributed by atoms with Gasteiger partial charge in [0.1, 0.15) is 23.0 Å². The Hall–Kier alpha value is -1.39. The molecular formula is C15H14BrClO3. The highest BCUT2D eigenvalue weighted by Crippen LogP contribution is 2.36. The number of hydrogen-bond donors (Lipinski definition) is 0. The molecule has 0 fully saturated rings. The normalized spacial score (nSPS) is 10.2. The van der Waals surface area contributed by atoms with Crippen molar-refractivity contribution >= 4 is 27.5 Å². The first-order valence-corrected chi connectivity index (χ1v) is 7.42. The van der Waals surface area contributed by atoms with Crippen LogP contribution in [-0.2, 0) is 5.33 Å². The number of halogens is 2. The van der Waals surface area contributed by atoms with E-state index in [1.165, 1.54) is 0 Å². The summed E-state index contributed by atoms with van der Waals surface area (Å²) in [5.41, 5.74) is 0.972. The molecule has 0 aromatic heterocycles. The molecular weight excluding hydrogens is 344 g/mol. The van der Waals surface area contributed by atoms with Crippen molar-refractivity contribution in [2.45, 2.75) is 5.33 Å². The van der Waals surface area contributed by atoms with Gasteiger partial charge < -0.3 is 14.2 Å². The summed E-state index contributed by atoms with van der Waals surface area (Å²) in [6, 6.07) is 11.0. The monoisotopic (exact) mass is 356 g/mol. The molecule has 0 saturated carbocycles. The van der Waals surface area contributed by atoms with Crippen molar-refractivity contribution < 1.29 is 14.2 Å². The number of benzene rings is 2. The Labute approximate surface area is 131 Å². The Morgan fingerprint density at radius 3 is 2.15 bits per heavy atom. The van der Waals surface area contributed by atoms with E-state index >= 15 is 0 Å². The van der Waals surface area contributed by atoms with Crippen LogP contribution in [0.3, 0.4) is 0 Å². The SMILES string of the molecule is COc1cc(OC)cc(Oc2c(Cl)cccc2CBr)c1. The third kappa shape index (κ3) is 3.38. The van der Waals surface area contributed by atoms with Gasteiger partial charge in [-0.25, -0.2) is 0 Å². The summed E-state index contributed by atoms with van der Waals surface area (Å²) in [6.07, 6.45) is 0. The van der Waals surface area contributed by atoms with E-state index < -0.39 is 0 Å². The van der Waals surface area contributed by atoms with Gasteiger partial charge in [0.2, 0.25) is 0 Å². The van der Waals surface area contributed by atoms with Crippen LogP contribution in [0, 0.1) is 0 Å². The van der Waals surface area contributed by atoms with E-state index in [-0.39, 0.29) is 0 Å². The molecule has 0 aliphatic rings. The van der Waals surface area contributed by atoms with E-state index in [0.29, 0.717) is 33.4 Å². The van der Waals surface area contributed by atoms with E-state index in [1.54, 1.807) is 38.5 Å². The zero-order chi connectivity index (χ0) is 14.5. The van der Waals surface area contributed by atoms with Gasteiger partial charge in [0.15, 0.2) is 0 Å². The fourth-order valence-electron chi connectivity index (χ4n) is 1.73. The topological polar surface area (TPSA) is 27.7 Å². The van der Waals surface area contributed by atoms with Crippen LogP contribution in [0.1, 0.15) is 5.56 Å². The van der Waals surface area contributed by atoms with E-state index in [9.17, 15) is 0 Å². The number of alkyl halides is 1. The maximum atomic E-state index is 6.20. The molecule has 0 heterocycles. The van der Waals surface area contributed by atoms with Gasteiger partial charge in [0, 0.05) is 29.1 Å². The molecule has 0 aliphatic carbocycles. The van der Waals surface area contributed by atoms with E-state index in [0.717, 1.165) is 5.56 Å². The summed E-state index contributed by atoms with van der Waals surface area (Å²) >= 11 is 9.62. The van der Waals surface area contributed by atoms with Crippen molar-refractivity contribution in [2.24, 2.45) is 0 Å². The molecule has 0 atom stereocenters. The maximum absolute atomic E-state index is 6.20. The van der Waals surface area contributed by atoms with E-state index in [4.69, 9.17) is 25.8 Å². The molecule has 3 nitrogen and oxygen atoms in total. The average molecular weight is 358 g/mol. The lowest BCUT2D eigenvalue weighted by Crippen LogP contribution is -1.93. The van der Waals surface area contributed by atoms with Crippen LogP contribution in [0.2, 0.25) is 5.02 Å². The molecule has 0 amide bonds. The lowest BCUT2D eigenvalue weighted by Gasteiger charge is -2.13. The minimum absolute atomic E-state index is 0.559. The summed E-state index contributed by atoms with van der Waals surface area (Å²) in [6.45, 7) is 0. The predicted octanol–water partition coefficient (Wildman–Crippen LogP) is 5.04. The lowest BCUT2D eigenvalue weighted by atomic mass is 10.2. The molecule has 0 saturated heterocycles. The zero-order valence-electron chi connectivity index (χ0n) is 11.2. The molecule has 0 radical (unpaired) electrons. The Kier molecular flexibility index (Phi) is 5.15. The first kappa shape index (κ1) is 15.0. The molecule has 20 heavy (non-hydrogen) atoms. The highest BCUT2D eigenvalue weighted by atomic mass is 79.9. The van der Waals surface area contributed by atoms with Gasteiger partial charge in [-0.1, -0.05) is 39.7 Å². The fraction of sp³-hybridized carbons (Fsp3) is 0.200. The van der Waals surface area contributed by atoms with Crippen LogP contribution in [0.15, 0.2) is 36.4 Å². The van der Waals surface area contributed by atoms with Crippen molar-refractivity contribution in [3.63, 3.8) is 0 Å². The third-order valence-electron chi connectivity index (χ3n) is 2.74. The standard InChI is InChI=1S/C15H14BrClO3/c1-18-11-6-12(19-2)8-13(7-11)20-15-10(9-16)4-3-5-14(15)17/h3-8H,9H2,1-2H3. The molecule has 0 bridgehead atoms. The summed E-state index contributed by atoms with van der Waals surface area (Å²) < 4.78 is 16.3. The number of rotatable bonds is 5. The second-order valence-corrected chi connectivity index (χ2v) is 4.98. The summed E-state index contributed by atoms with van der Waals surface area (Å²) in [7, 11) is 3.19. The molecule has 0 N–H and O–H groups in total. The molecule has 0 unspecified atom stereocenters. The average Bonchev–Trinajstić information content (AvgIpc) is 2.48. The Morgan fingerprint density at radius 2 is 1.60 bits per heavy atom. The van der Waals surface area contributed by atoms with Crippen molar-refractivity contribution in [2.75, 3.05) is 14.2 Å². The van der Waals surface area contributed by atoms with Gasteiger partial charge in [0.25, 0.3) is 0 Å². The summed E-state index contributed by atoms with van der Waals surface area (Å²) in [4.78, 5) is 0.